The monoisotopic (exact) mass is 324 g/mol. The smallest absolute Gasteiger partial charge is 0.240 e. The van der Waals surface area contributed by atoms with Crippen LogP contribution in [0.25, 0.3) is 0 Å². The topological polar surface area (TPSA) is 32.3 Å². The Kier molecular flexibility index (Phi) is 8.60. The molecule has 3 nitrogen and oxygen atoms in total. The molecule has 0 aliphatic carbocycles. The van der Waals surface area contributed by atoms with E-state index in [2.05, 4.69) is 44.8 Å². The van der Waals surface area contributed by atoms with E-state index in [-0.39, 0.29) is 17.0 Å². The van der Waals surface area contributed by atoms with Crippen molar-refractivity contribution in [2.24, 2.45) is 0 Å². The molecular formula is C20H40N2O. The first-order valence-electron chi connectivity index (χ1n) is 9.88. The van der Waals surface area contributed by atoms with E-state index in [1.54, 1.807) is 0 Å². The minimum absolute atomic E-state index is 0.0523. The van der Waals surface area contributed by atoms with Crippen molar-refractivity contribution in [2.75, 3.05) is 13.1 Å². The zero-order valence-electron chi connectivity index (χ0n) is 16.3. The number of amides is 1. The highest BCUT2D eigenvalue weighted by molar-refractivity contribution is 5.86. The molecule has 23 heavy (non-hydrogen) atoms. The molecule has 1 N–H and O–H groups in total. The number of carbonyl (C=O) groups excluding carboxylic acids is 1. The number of nitrogens with one attached hydrogen (secondary N) is 1. The van der Waals surface area contributed by atoms with Crippen LogP contribution >= 0.6 is 0 Å². The molecule has 0 unspecified atom stereocenters. The van der Waals surface area contributed by atoms with E-state index in [1.807, 2.05) is 0 Å². The summed E-state index contributed by atoms with van der Waals surface area (Å²) in [5.74, 6) is 0.170. The van der Waals surface area contributed by atoms with Gasteiger partial charge in [0.15, 0.2) is 0 Å². The maximum Gasteiger partial charge on any atom is 0.240 e. The van der Waals surface area contributed by atoms with Crippen LogP contribution in [0.15, 0.2) is 0 Å². The van der Waals surface area contributed by atoms with Crippen LogP contribution in [0.5, 0.6) is 0 Å². The molecule has 0 saturated carbocycles. The first-order chi connectivity index (χ1) is 10.8. The third kappa shape index (κ3) is 6.45. The van der Waals surface area contributed by atoms with Crippen LogP contribution in [-0.2, 0) is 4.79 Å². The molecule has 1 heterocycles. The second-order valence-corrected chi connectivity index (χ2v) is 8.39. The maximum atomic E-state index is 12.1. The summed E-state index contributed by atoms with van der Waals surface area (Å²) in [4.78, 5) is 14.5. The van der Waals surface area contributed by atoms with Gasteiger partial charge in [-0.2, -0.15) is 0 Å². The highest BCUT2D eigenvalue weighted by Gasteiger charge is 2.46. The quantitative estimate of drug-likeness (QED) is 0.548. The molecule has 0 aromatic carbocycles. The van der Waals surface area contributed by atoms with Crippen molar-refractivity contribution in [3.05, 3.63) is 0 Å². The van der Waals surface area contributed by atoms with Gasteiger partial charge in [-0.3, -0.25) is 9.69 Å². The second kappa shape index (κ2) is 9.66. The number of unbranched alkanes of at least 4 members (excludes halogenated alkanes) is 9. The summed E-state index contributed by atoms with van der Waals surface area (Å²) in [5, 5.41) is 3.05. The van der Waals surface area contributed by atoms with Crippen molar-refractivity contribution < 1.29 is 4.79 Å². The number of nitrogens with zero attached hydrogens (tertiary/aromatic N) is 1. The SMILES string of the molecule is CCCCCCCCCCCCN1C(C)(C)CNC(=O)C1(C)C. The average molecular weight is 325 g/mol. The van der Waals surface area contributed by atoms with E-state index in [0.717, 1.165) is 13.1 Å². The molecule has 1 aliphatic heterocycles. The van der Waals surface area contributed by atoms with Crippen LogP contribution < -0.4 is 5.32 Å². The summed E-state index contributed by atoms with van der Waals surface area (Å²) in [5.41, 5.74) is -0.336. The Morgan fingerprint density at radius 2 is 1.35 bits per heavy atom. The lowest BCUT2D eigenvalue weighted by atomic mass is 9.88. The Morgan fingerprint density at radius 1 is 0.870 bits per heavy atom. The third-order valence-electron chi connectivity index (χ3n) is 5.38. The fourth-order valence-corrected chi connectivity index (χ4v) is 3.83. The normalized spacial score (nSPS) is 20.5. The maximum absolute atomic E-state index is 12.1. The third-order valence-corrected chi connectivity index (χ3v) is 5.38. The number of rotatable bonds is 11. The lowest BCUT2D eigenvalue weighted by Gasteiger charge is -2.51. The molecule has 3 heteroatoms. The van der Waals surface area contributed by atoms with E-state index in [9.17, 15) is 4.79 Å². The number of piperazine rings is 1. The highest BCUT2D eigenvalue weighted by atomic mass is 16.2. The van der Waals surface area contributed by atoms with Gasteiger partial charge in [0, 0.05) is 12.1 Å². The van der Waals surface area contributed by atoms with Crippen molar-refractivity contribution in [2.45, 2.75) is 110 Å². The Hall–Kier alpha value is -0.570. The molecule has 0 atom stereocenters. The van der Waals surface area contributed by atoms with Gasteiger partial charge in [0.2, 0.25) is 5.91 Å². The molecule has 1 amide bonds. The lowest BCUT2D eigenvalue weighted by molar-refractivity contribution is -0.142. The molecule has 1 saturated heterocycles. The van der Waals surface area contributed by atoms with Crippen molar-refractivity contribution in [1.29, 1.82) is 0 Å². The lowest BCUT2D eigenvalue weighted by Crippen LogP contribution is -2.70. The van der Waals surface area contributed by atoms with E-state index in [0.29, 0.717) is 0 Å². The van der Waals surface area contributed by atoms with Gasteiger partial charge in [-0.1, -0.05) is 64.7 Å². The predicted octanol–water partition coefficient (Wildman–Crippen LogP) is 4.90. The van der Waals surface area contributed by atoms with Gasteiger partial charge in [0.25, 0.3) is 0 Å². The Morgan fingerprint density at radius 3 is 1.87 bits per heavy atom. The highest BCUT2D eigenvalue weighted by Crippen LogP contribution is 2.29. The van der Waals surface area contributed by atoms with E-state index in [1.165, 1.54) is 64.2 Å². The zero-order valence-corrected chi connectivity index (χ0v) is 16.3. The van der Waals surface area contributed by atoms with Crippen LogP contribution in [-0.4, -0.2) is 35.0 Å². The molecule has 1 rings (SSSR count). The molecule has 1 aliphatic rings. The second-order valence-electron chi connectivity index (χ2n) is 8.39. The zero-order chi connectivity index (χ0) is 17.3. The van der Waals surface area contributed by atoms with Crippen molar-refractivity contribution in [3.8, 4) is 0 Å². The molecule has 0 radical (unpaired) electrons. The van der Waals surface area contributed by atoms with Crippen LogP contribution in [0.4, 0.5) is 0 Å². The molecule has 0 aromatic rings. The Bertz CT molecular complexity index is 350. The van der Waals surface area contributed by atoms with Crippen molar-refractivity contribution in [3.63, 3.8) is 0 Å². The van der Waals surface area contributed by atoms with Crippen LogP contribution in [0.2, 0.25) is 0 Å². The average Bonchev–Trinajstić information content (AvgIpc) is 2.48. The summed E-state index contributed by atoms with van der Waals surface area (Å²) in [6.45, 7) is 12.7. The Balaban J connectivity index is 2.17. The van der Waals surface area contributed by atoms with Gasteiger partial charge in [-0.15, -0.1) is 0 Å². The van der Waals surface area contributed by atoms with Crippen LogP contribution in [0, 0.1) is 0 Å². The Labute approximate surface area is 144 Å². The van der Waals surface area contributed by atoms with Gasteiger partial charge in [0.05, 0.1) is 5.54 Å². The molecular weight excluding hydrogens is 284 g/mol. The van der Waals surface area contributed by atoms with E-state index in [4.69, 9.17) is 0 Å². The van der Waals surface area contributed by atoms with Crippen LogP contribution in [0.3, 0.4) is 0 Å². The summed E-state index contributed by atoms with van der Waals surface area (Å²) in [7, 11) is 0. The summed E-state index contributed by atoms with van der Waals surface area (Å²) >= 11 is 0. The van der Waals surface area contributed by atoms with Crippen molar-refractivity contribution >= 4 is 5.91 Å². The van der Waals surface area contributed by atoms with Crippen molar-refractivity contribution in [1.82, 2.24) is 10.2 Å². The van der Waals surface area contributed by atoms with Gasteiger partial charge in [0.1, 0.15) is 0 Å². The molecule has 136 valence electrons. The first-order valence-corrected chi connectivity index (χ1v) is 9.88. The number of carbonyl (C=O) groups is 1. The minimum Gasteiger partial charge on any atom is -0.353 e. The predicted molar refractivity (Wildman–Crippen MR) is 99.7 cm³/mol. The fraction of sp³-hybridized carbons (Fsp3) is 0.950. The molecule has 0 bridgehead atoms. The summed E-state index contributed by atoms with van der Waals surface area (Å²) in [6.07, 6.45) is 13.6. The minimum atomic E-state index is -0.388. The summed E-state index contributed by atoms with van der Waals surface area (Å²) < 4.78 is 0. The van der Waals surface area contributed by atoms with Gasteiger partial charge in [-0.05, 0) is 40.7 Å². The van der Waals surface area contributed by atoms with E-state index < -0.39 is 0 Å². The number of hydrogen-bond acceptors (Lipinski definition) is 2. The van der Waals surface area contributed by atoms with Crippen LogP contribution in [0.1, 0.15) is 98.8 Å². The van der Waals surface area contributed by atoms with Gasteiger partial charge >= 0.3 is 0 Å². The van der Waals surface area contributed by atoms with Gasteiger partial charge < -0.3 is 5.32 Å². The molecule has 1 fully saturated rings. The standard InChI is InChI=1S/C20H40N2O/c1-6-7-8-9-10-11-12-13-14-15-16-22-19(2,3)17-21-18(23)20(22,4)5/h6-17H2,1-5H3,(H,21,23). The van der Waals surface area contributed by atoms with E-state index >= 15 is 0 Å². The summed E-state index contributed by atoms with van der Waals surface area (Å²) in [6, 6.07) is 0. The number of hydrogen-bond donors (Lipinski definition) is 1. The first kappa shape index (κ1) is 20.5. The largest absolute Gasteiger partial charge is 0.353 e. The fourth-order valence-electron chi connectivity index (χ4n) is 3.83. The molecule has 0 aromatic heterocycles. The van der Waals surface area contributed by atoms with Gasteiger partial charge in [-0.25, -0.2) is 0 Å². The molecule has 0 spiro atoms.